The van der Waals surface area contributed by atoms with E-state index in [2.05, 4.69) is 170 Å². The molecule has 0 saturated carbocycles. The van der Waals surface area contributed by atoms with Crippen LogP contribution < -0.4 is 0 Å². The Hall–Kier alpha value is -6.24. The second kappa shape index (κ2) is 9.01. The van der Waals surface area contributed by atoms with Crippen LogP contribution in [0.1, 0.15) is 22.3 Å². The Morgan fingerprint density at radius 1 is 0.265 bits per heavy atom. The van der Waals surface area contributed by atoms with E-state index in [0.29, 0.717) is 0 Å². The summed E-state index contributed by atoms with van der Waals surface area (Å²) in [5.41, 5.74) is 18.6. The lowest BCUT2D eigenvalue weighted by Crippen LogP contribution is -2.25. The van der Waals surface area contributed by atoms with Gasteiger partial charge in [0.15, 0.2) is 0 Å². The van der Waals surface area contributed by atoms with Gasteiger partial charge in [-0.05, 0) is 116 Å². The summed E-state index contributed by atoms with van der Waals surface area (Å²) < 4.78 is 0. The minimum absolute atomic E-state index is 0.379. The van der Waals surface area contributed by atoms with Crippen molar-refractivity contribution < 1.29 is 0 Å². The van der Waals surface area contributed by atoms with Crippen LogP contribution >= 0.6 is 0 Å². The molecule has 3 aliphatic carbocycles. The van der Waals surface area contributed by atoms with Crippen molar-refractivity contribution in [3.05, 3.63) is 192 Å². The van der Waals surface area contributed by atoms with Crippen LogP contribution in [-0.2, 0) is 5.41 Å². The first kappa shape index (κ1) is 25.8. The highest BCUT2D eigenvalue weighted by Gasteiger charge is 2.52. The van der Waals surface area contributed by atoms with Gasteiger partial charge in [-0.1, -0.05) is 164 Å². The van der Waals surface area contributed by atoms with Crippen LogP contribution in [-0.4, -0.2) is 0 Å². The Labute approximate surface area is 284 Å². The molecule has 0 atom stereocenters. The van der Waals surface area contributed by atoms with Crippen molar-refractivity contribution >= 4 is 32.3 Å². The third-order valence-electron chi connectivity index (χ3n) is 11.8. The monoisotopic (exact) mass is 616 g/mol. The van der Waals surface area contributed by atoms with E-state index in [0.717, 1.165) is 0 Å². The van der Waals surface area contributed by atoms with Crippen molar-refractivity contribution in [3.8, 4) is 55.6 Å². The highest BCUT2D eigenvalue weighted by atomic mass is 14.5. The van der Waals surface area contributed by atoms with E-state index in [1.807, 2.05) is 0 Å². The third-order valence-corrected chi connectivity index (χ3v) is 11.8. The maximum Gasteiger partial charge on any atom is 0.0725 e. The van der Waals surface area contributed by atoms with Crippen molar-refractivity contribution in [2.45, 2.75) is 5.41 Å². The quantitative estimate of drug-likeness (QED) is 0.161. The van der Waals surface area contributed by atoms with Gasteiger partial charge in [0.1, 0.15) is 0 Å². The fraction of sp³-hybridized carbons (Fsp3) is 0.0204. The first-order valence-corrected chi connectivity index (χ1v) is 17.3. The number of fused-ring (bicyclic) bond motifs is 17. The van der Waals surface area contributed by atoms with Crippen LogP contribution in [0, 0.1) is 0 Å². The summed E-state index contributed by atoms with van der Waals surface area (Å²) in [6.45, 7) is 0. The molecule has 0 aliphatic heterocycles. The normalized spacial score (nSPS) is 13.9. The highest BCUT2D eigenvalue weighted by Crippen LogP contribution is 2.66. The van der Waals surface area contributed by atoms with E-state index in [1.54, 1.807) is 0 Å². The Kier molecular flexibility index (Phi) is 4.74. The van der Waals surface area contributed by atoms with Crippen molar-refractivity contribution in [2.24, 2.45) is 0 Å². The number of hydrogen-bond donors (Lipinski definition) is 0. The van der Waals surface area contributed by atoms with Gasteiger partial charge in [0.2, 0.25) is 0 Å². The van der Waals surface area contributed by atoms with E-state index in [1.165, 1.54) is 110 Å². The van der Waals surface area contributed by atoms with Crippen LogP contribution in [0.4, 0.5) is 0 Å². The molecular formula is C49H28. The van der Waals surface area contributed by atoms with E-state index in [9.17, 15) is 0 Å². The molecule has 0 radical (unpaired) electrons. The molecule has 12 rings (SSSR count). The SMILES string of the molecule is c1ccc2c(c1)-c1ccccc1C21c2ccccc2-c2c1cc1c3c(cccc23)-c2cccc(-c3cccc4c3ccc3ccccc34)c2-1. The average Bonchev–Trinajstić information content (AvgIpc) is 3.77. The topological polar surface area (TPSA) is 0 Å². The van der Waals surface area contributed by atoms with Crippen LogP contribution in [0.5, 0.6) is 0 Å². The maximum atomic E-state index is 2.59. The molecule has 0 amide bonds. The fourth-order valence-electron chi connectivity index (χ4n) is 10.0. The largest absolute Gasteiger partial charge is 0.0725 e. The van der Waals surface area contributed by atoms with E-state index >= 15 is 0 Å². The zero-order valence-corrected chi connectivity index (χ0v) is 26.7. The summed E-state index contributed by atoms with van der Waals surface area (Å²) in [4.78, 5) is 0. The van der Waals surface area contributed by atoms with Gasteiger partial charge in [0, 0.05) is 0 Å². The van der Waals surface area contributed by atoms with Crippen LogP contribution in [0.2, 0.25) is 0 Å². The molecule has 3 aliphatic rings. The van der Waals surface area contributed by atoms with Crippen molar-refractivity contribution in [2.75, 3.05) is 0 Å². The summed E-state index contributed by atoms with van der Waals surface area (Å²) in [5, 5.41) is 7.90. The summed E-state index contributed by atoms with van der Waals surface area (Å²) in [6, 6.07) is 64.1. The zero-order chi connectivity index (χ0) is 31.8. The molecule has 9 aromatic carbocycles. The predicted molar refractivity (Wildman–Crippen MR) is 205 cm³/mol. The van der Waals surface area contributed by atoms with Crippen LogP contribution in [0.25, 0.3) is 88.0 Å². The summed E-state index contributed by atoms with van der Waals surface area (Å²) in [6.07, 6.45) is 0. The lowest BCUT2D eigenvalue weighted by atomic mass is 9.70. The minimum Gasteiger partial charge on any atom is -0.0619 e. The first-order chi connectivity index (χ1) is 24.3. The molecule has 49 heavy (non-hydrogen) atoms. The Morgan fingerprint density at radius 2 is 0.796 bits per heavy atom. The maximum absolute atomic E-state index is 2.59. The molecule has 0 heterocycles. The van der Waals surface area contributed by atoms with E-state index in [-0.39, 0.29) is 5.41 Å². The highest BCUT2D eigenvalue weighted by molar-refractivity contribution is 6.24. The Morgan fingerprint density at radius 3 is 1.57 bits per heavy atom. The van der Waals surface area contributed by atoms with Gasteiger partial charge >= 0.3 is 0 Å². The molecule has 0 N–H and O–H groups in total. The van der Waals surface area contributed by atoms with Crippen molar-refractivity contribution in [1.82, 2.24) is 0 Å². The molecule has 0 heteroatoms. The zero-order valence-electron chi connectivity index (χ0n) is 26.7. The van der Waals surface area contributed by atoms with Gasteiger partial charge in [-0.15, -0.1) is 0 Å². The Bertz CT molecular complexity index is 2890. The van der Waals surface area contributed by atoms with Gasteiger partial charge in [-0.3, -0.25) is 0 Å². The van der Waals surface area contributed by atoms with Gasteiger partial charge in [-0.25, -0.2) is 0 Å². The lowest BCUT2D eigenvalue weighted by molar-refractivity contribution is 0.795. The minimum atomic E-state index is -0.379. The van der Waals surface area contributed by atoms with Crippen molar-refractivity contribution in [1.29, 1.82) is 0 Å². The molecule has 0 nitrogen and oxygen atoms in total. The molecule has 0 aromatic heterocycles. The summed E-state index contributed by atoms with van der Waals surface area (Å²) in [5.74, 6) is 0. The smallest absolute Gasteiger partial charge is 0.0619 e. The first-order valence-electron chi connectivity index (χ1n) is 17.3. The average molecular weight is 617 g/mol. The Balaban J connectivity index is 1.23. The molecule has 0 bridgehead atoms. The van der Waals surface area contributed by atoms with Gasteiger partial charge in [0.05, 0.1) is 5.41 Å². The molecule has 224 valence electrons. The number of hydrogen-bond acceptors (Lipinski definition) is 0. The molecule has 9 aromatic rings. The van der Waals surface area contributed by atoms with Crippen LogP contribution in [0.15, 0.2) is 170 Å². The molecule has 0 fully saturated rings. The number of benzene rings is 9. The predicted octanol–water partition coefficient (Wildman–Crippen LogP) is 12.8. The van der Waals surface area contributed by atoms with E-state index < -0.39 is 0 Å². The second-order valence-corrected chi connectivity index (χ2v) is 13.9. The van der Waals surface area contributed by atoms with Gasteiger partial charge in [0.25, 0.3) is 0 Å². The summed E-state index contributed by atoms with van der Waals surface area (Å²) >= 11 is 0. The lowest BCUT2D eigenvalue weighted by Gasteiger charge is -2.31. The van der Waals surface area contributed by atoms with Crippen molar-refractivity contribution in [3.63, 3.8) is 0 Å². The van der Waals surface area contributed by atoms with Gasteiger partial charge in [-0.2, -0.15) is 0 Å². The molecule has 1 spiro atoms. The second-order valence-electron chi connectivity index (χ2n) is 13.9. The standard InChI is InChI=1S/C49H28/c1-2-13-30-29(12-1)26-27-33-31(30)17-9-18-32(33)36-19-10-20-37-38-21-11-22-40-47(38)41(46(36)37)28-45-48(40)39-16-5-8-25-44(39)49(45)42-23-6-3-14-34(42)35-15-4-7-24-43(35)49/h1-28H. The van der Waals surface area contributed by atoms with Crippen LogP contribution in [0.3, 0.4) is 0 Å². The summed E-state index contributed by atoms with van der Waals surface area (Å²) in [7, 11) is 0. The number of rotatable bonds is 1. The molecule has 0 saturated heterocycles. The van der Waals surface area contributed by atoms with Gasteiger partial charge < -0.3 is 0 Å². The molecular weight excluding hydrogens is 589 g/mol. The molecule has 0 unspecified atom stereocenters. The third kappa shape index (κ3) is 2.98. The fourth-order valence-corrected chi connectivity index (χ4v) is 10.0. The van der Waals surface area contributed by atoms with E-state index in [4.69, 9.17) is 0 Å².